The van der Waals surface area contributed by atoms with Crippen LogP contribution in [0, 0.1) is 11.6 Å². The van der Waals surface area contributed by atoms with Crippen molar-refractivity contribution < 1.29 is 18.3 Å². The molecule has 0 unspecified atom stereocenters. The molecule has 0 aliphatic rings. The van der Waals surface area contributed by atoms with Crippen LogP contribution >= 0.6 is 34.3 Å². The fourth-order valence-corrected chi connectivity index (χ4v) is 4.41. The molecule has 0 aliphatic heterocycles. The number of aromatic nitrogens is 1. The van der Waals surface area contributed by atoms with Crippen LogP contribution in [0.1, 0.15) is 15.5 Å². The first kappa shape index (κ1) is 18.0. The summed E-state index contributed by atoms with van der Waals surface area (Å²) in [5.41, 5.74) is 1.60. The molecule has 0 atom stereocenters. The van der Waals surface area contributed by atoms with Gasteiger partial charge in [0, 0.05) is 21.0 Å². The molecule has 3 nitrogen and oxygen atoms in total. The molecule has 0 radical (unpaired) electrons. The van der Waals surface area contributed by atoms with Crippen molar-refractivity contribution in [3.63, 3.8) is 0 Å². The minimum Gasteiger partial charge on any atom is -0.486 e. The van der Waals surface area contributed by atoms with E-state index in [9.17, 15) is 13.6 Å². The van der Waals surface area contributed by atoms with E-state index < -0.39 is 16.9 Å². The highest BCUT2D eigenvalue weighted by Crippen LogP contribution is 2.36. The van der Waals surface area contributed by atoms with Gasteiger partial charge in [-0.25, -0.2) is 13.8 Å². The van der Waals surface area contributed by atoms with Crippen molar-refractivity contribution in [2.24, 2.45) is 0 Å². The first-order valence-electron chi connectivity index (χ1n) is 7.75. The van der Waals surface area contributed by atoms with E-state index in [4.69, 9.17) is 16.3 Å². The normalized spacial score (nSPS) is 11.1. The van der Waals surface area contributed by atoms with E-state index in [2.05, 4.69) is 4.98 Å². The second-order valence-electron chi connectivity index (χ2n) is 5.60. The van der Waals surface area contributed by atoms with Crippen LogP contribution in [0.4, 0.5) is 8.78 Å². The Morgan fingerprint density at radius 1 is 1.15 bits per heavy atom. The molecule has 0 saturated carbocycles. The maximum atomic E-state index is 13.9. The van der Waals surface area contributed by atoms with Crippen LogP contribution in [0.3, 0.4) is 0 Å². The van der Waals surface area contributed by atoms with Gasteiger partial charge in [-0.2, -0.15) is 0 Å². The number of carbonyl (C=O) groups excluding carboxylic acids is 1. The molecule has 4 aromatic rings. The highest BCUT2D eigenvalue weighted by atomic mass is 35.5. The third kappa shape index (κ3) is 3.58. The zero-order valence-corrected chi connectivity index (χ0v) is 15.9. The quantitative estimate of drug-likeness (QED) is 0.357. The standard InChI is InChI=1S/C19H10ClF2NO2S2/c20-19(24)15-9-27-16(23-15)8-25-11-3-1-10(2-4-11)13-7-14(21)17(22)12-5-6-26-18(12)13/h1-7,9H,8H2. The number of fused-ring (bicyclic) bond motifs is 1. The van der Waals surface area contributed by atoms with Crippen molar-refractivity contribution in [1.29, 1.82) is 0 Å². The zero-order chi connectivity index (χ0) is 19.0. The number of ether oxygens (including phenoxy) is 1. The number of benzene rings is 2. The number of thiophene rings is 1. The van der Waals surface area contributed by atoms with E-state index in [1.54, 1.807) is 41.1 Å². The molecule has 0 saturated heterocycles. The molecule has 2 aromatic heterocycles. The van der Waals surface area contributed by atoms with Gasteiger partial charge in [-0.3, -0.25) is 4.79 Å². The molecule has 2 aromatic carbocycles. The fourth-order valence-electron chi connectivity index (χ4n) is 2.63. The number of rotatable bonds is 5. The van der Waals surface area contributed by atoms with E-state index >= 15 is 0 Å². The van der Waals surface area contributed by atoms with Gasteiger partial charge in [0.15, 0.2) is 11.6 Å². The average molecular weight is 422 g/mol. The summed E-state index contributed by atoms with van der Waals surface area (Å²) < 4.78 is 34.1. The maximum absolute atomic E-state index is 13.9. The Bertz CT molecular complexity index is 1140. The summed E-state index contributed by atoms with van der Waals surface area (Å²) in [5.74, 6) is -1.10. The lowest BCUT2D eigenvalue weighted by Gasteiger charge is -2.08. The topological polar surface area (TPSA) is 39.2 Å². The van der Waals surface area contributed by atoms with E-state index in [0.29, 0.717) is 21.0 Å². The van der Waals surface area contributed by atoms with Crippen molar-refractivity contribution in [2.45, 2.75) is 6.61 Å². The Morgan fingerprint density at radius 2 is 1.93 bits per heavy atom. The van der Waals surface area contributed by atoms with Gasteiger partial charge in [-0.15, -0.1) is 22.7 Å². The van der Waals surface area contributed by atoms with E-state index in [-0.39, 0.29) is 17.7 Å². The van der Waals surface area contributed by atoms with Crippen LogP contribution in [0.2, 0.25) is 0 Å². The predicted molar refractivity (Wildman–Crippen MR) is 104 cm³/mol. The van der Waals surface area contributed by atoms with Crippen molar-refractivity contribution in [2.75, 3.05) is 0 Å². The van der Waals surface area contributed by atoms with E-state index in [0.717, 1.165) is 5.56 Å². The molecule has 0 fully saturated rings. The molecule has 8 heteroatoms. The van der Waals surface area contributed by atoms with Crippen molar-refractivity contribution in [3.8, 4) is 16.9 Å². The lowest BCUT2D eigenvalue weighted by molar-refractivity contribution is 0.107. The van der Waals surface area contributed by atoms with Gasteiger partial charge in [-0.1, -0.05) is 12.1 Å². The second-order valence-corrected chi connectivity index (χ2v) is 7.80. The molecule has 0 spiro atoms. The second kappa shape index (κ2) is 7.34. The summed E-state index contributed by atoms with van der Waals surface area (Å²) in [7, 11) is 0. The minimum atomic E-state index is -0.871. The number of hydrogen-bond donors (Lipinski definition) is 0. The Balaban J connectivity index is 1.55. The molecule has 0 aliphatic carbocycles. The van der Waals surface area contributed by atoms with Gasteiger partial charge in [0.05, 0.1) is 0 Å². The third-order valence-electron chi connectivity index (χ3n) is 3.91. The summed E-state index contributed by atoms with van der Waals surface area (Å²) in [6.45, 7) is 0.203. The number of thiazole rings is 1. The first-order chi connectivity index (χ1) is 13.0. The molecule has 2 heterocycles. The van der Waals surface area contributed by atoms with Crippen LogP contribution in [0.25, 0.3) is 21.2 Å². The van der Waals surface area contributed by atoms with Gasteiger partial charge < -0.3 is 4.74 Å². The van der Waals surface area contributed by atoms with Gasteiger partial charge in [0.25, 0.3) is 5.24 Å². The summed E-state index contributed by atoms with van der Waals surface area (Å²) >= 11 is 8.03. The number of hydrogen-bond acceptors (Lipinski definition) is 5. The largest absolute Gasteiger partial charge is 0.486 e. The average Bonchev–Trinajstić information content (AvgIpc) is 3.33. The number of nitrogens with zero attached hydrogens (tertiary/aromatic N) is 1. The lowest BCUT2D eigenvalue weighted by Crippen LogP contribution is -1.96. The van der Waals surface area contributed by atoms with Crippen LogP contribution < -0.4 is 4.74 Å². The molecule has 0 amide bonds. The van der Waals surface area contributed by atoms with Crippen molar-refractivity contribution in [1.82, 2.24) is 4.98 Å². The van der Waals surface area contributed by atoms with E-state index in [1.807, 2.05) is 0 Å². The fraction of sp³-hybridized carbons (Fsp3) is 0.0526. The Hall–Kier alpha value is -2.35. The summed E-state index contributed by atoms with van der Waals surface area (Å²) in [6, 6.07) is 9.86. The van der Waals surface area contributed by atoms with E-state index in [1.165, 1.54) is 28.7 Å². The van der Waals surface area contributed by atoms with Gasteiger partial charge in [0.1, 0.15) is 23.1 Å². The molecular weight excluding hydrogens is 412 g/mol. The smallest absolute Gasteiger partial charge is 0.271 e. The van der Waals surface area contributed by atoms with Crippen molar-refractivity contribution >= 4 is 49.6 Å². The van der Waals surface area contributed by atoms with Crippen molar-refractivity contribution in [3.05, 3.63) is 69.5 Å². The Kier molecular flexibility index (Phi) is 4.90. The molecule has 136 valence electrons. The SMILES string of the molecule is O=C(Cl)c1csc(COc2ccc(-c3cc(F)c(F)c4ccsc34)cc2)n1. The van der Waals surface area contributed by atoms with Crippen LogP contribution in [-0.2, 0) is 6.61 Å². The Morgan fingerprint density at radius 3 is 2.63 bits per heavy atom. The number of carbonyl (C=O) groups is 1. The minimum absolute atomic E-state index is 0.203. The molecule has 0 N–H and O–H groups in total. The maximum Gasteiger partial charge on any atom is 0.271 e. The third-order valence-corrected chi connectivity index (χ3v) is 5.87. The van der Waals surface area contributed by atoms with Gasteiger partial charge in [-0.05, 0) is 46.8 Å². The van der Waals surface area contributed by atoms with Crippen LogP contribution in [-0.4, -0.2) is 10.2 Å². The van der Waals surface area contributed by atoms with Crippen LogP contribution in [0.5, 0.6) is 5.75 Å². The first-order valence-corrected chi connectivity index (χ1v) is 9.89. The van der Waals surface area contributed by atoms with Gasteiger partial charge in [0.2, 0.25) is 0 Å². The molecule has 4 rings (SSSR count). The Labute approximate surface area is 165 Å². The highest BCUT2D eigenvalue weighted by molar-refractivity contribution is 7.17. The lowest BCUT2D eigenvalue weighted by atomic mass is 10.0. The van der Waals surface area contributed by atoms with Gasteiger partial charge >= 0.3 is 0 Å². The molecule has 27 heavy (non-hydrogen) atoms. The zero-order valence-electron chi connectivity index (χ0n) is 13.5. The summed E-state index contributed by atoms with van der Waals surface area (Å²) in [5, 5.41) is 3.62. The predicted octanol–water partition coefficient (Wildman–Crippen LogP) is 6.26. The monoisotopic (exact) mass is 421 g/mol. The molecular formula is C19H10ClF2NO2S2. The van der Waals surface area contributed by atoms with Crippen LogP contribution in [0.15, 0.2) is 47.2 Å². The molecule has 0 bridgehead atoms. The number of halogens is 3. The summed E-state index contributed by atoms with van der Waals surface area (Å²) in [4.78, 5) is 15.1. The highest BCUT2D eigenvalue weighted by Gasteiger charge is 2.14. The summed E-state index contributed by atoms with van der Waals surface area (Å²) in [6.07, 6.45) is 0.